The minimum absolute atomic E-state index is 0.143. The van der Waals surface area contributed by atoms with Gasteiger partial charge in [-0.3, -0.25) is 0 Å². The van der Waals surface area contributed by atoms with Crippen molar-refractivity contribution in [3.05, 3.63) is 64.5 Å². The summed E-state index contributed by atoms with van der Waals surface area (Å²) in [6, 6.07) is 10.1. The molecule has 2 heterocycles. The number of hydrogen-bond acceptors (Lipinski definition) is 7. The number of aromatic nitrogens is 1. The molecule has 0 spiro atoms. The Balaban J connectivity index is 1.35. The summed E-state index contributed by atoms with van der Waals surface area (Å²) in [4.78, 5) is 18.1. The van der Waals surface area contributed by atoms with Crippen molar-refractivity contribution in [3.8, 4) is 5.75 Å². The van der Waals surface area contributed by atoms with E-state index in [9.17, 15) is 18.0 Å². The molecular formula is C24H24F3N3O3S2. The van der Waals surface area contributed by atoms with Gasteiger partial charge in [0.15, 0.2) is 5.13 Å². The molecule has 4 rings (SSSR count). The highest BCUT2D eigenvalue weighted by atomic mass is 32.2. The third-order valence-corrected chi connectivity index (χ3v) is 7.57. The number of benzene rings is 2. The summed E-state index contributed by atoms with van der Waals surface area (Å²) < 4.78 is 46.9. The lowest BCUT2D eigenvalue weighted by molar-refractivity contribution is -0.137. The Morgan fingerprint density at radius 3 is 2.74 bits per heavy atom. The van der Waals surface area contributed by atoms with Crippen molar-refractivity contribution >= 4 is 40.1 Å². The van der Waals surface area contributed by atoms with Gasteiger partial charge in [0.1, 0.15) is 10.8 Å². The third-order valence-electron chi connectivity index (χ3n) is 5.78. The first-order valence-corrected chi connectivity index (χ1v) is 12.6. The molecule has 1 saturated heterocycles. The van der Waals surface area contributed by atoms with Gasteiger partial charge >= 0.3 is 12.1 Å². The molecule has 1 fully saturated rings. The first-order valence-electron chi connectivity index (χ1n) is 10.9. The molecule has 2 N–H and O–H groups in total. The van der Waals surface area contributed by atoms with Crippen molar-refractivity contribution in [2.24, 2.45) is 5.92 Å². The number of nitrogens with one attached hydrogen (secondary N) is 1. The number of aromatic carboxylic acids is 1. The van der Waals surface area contributed by atoms with Crippen LogP contribution < -0.4 is 14.4 Å². The van der Waals surface area contributed by atoms with Gasteiger partial charge in [0.2, 0.25) is 0 Å². The SMILES string of the molecule is COc1cc(C(=O)O)ccc1NSc1csc(N2CCCC(Cc3ccc(C(F)(F)F)cc3)C2)n1. The molecule has 0 amide bonds. The second-order valence-corrected chi connectivity index (χ2v) is 9.91. The highest BCUT2D eigenvalue weighted by Gasteiger charge is 2.30. The second kappa shape index (κ2) is 10.8. The van der Waals surface area contributed by atoms with Crippen molar-refractivity contribution in [3.63, 3.8) is 0 Å². The van der Waals surface area contributed by atoms with E-state index in [0.717, 1.165) is 60.2 Å². The van der Waals surface area contributed by atoms with E-state index in [2.05, 4.69) is 9.62 Å². The van der Waals surface area contributed by atoms with Gasteiger partial charge in [0.05, 0.1) is 23.9 Å². The smallest absolute Gasteiger partial charge is 0.416 e. The molecule has 0 bridgehead atoms. The van der Waals surface area contributed by atoms with Crippen molar-refractivity contribution in [2.75, 3.05) is 29.8 Å². The number of rotatable bonds is 8. The fourth-order valence-electron chi connectivity index (χ4n) is 4.03. The summed E-state index contributed by atoms with van der Waals surface area (Å²) in [5.74, 6) is -0.254. The van der Waals surface area contributed by atoms with Crippen LogP contribution in [0, 0.1) is 5.92 Å². The van der Waals surface area contributed by atoms with Gasteiger partial charge in [-0.25, -0.2) is 9.78 Å². The summed E-state index contributed by atoms with van der Waals surface area (Å²) in [6.07, 6.45) is -1.56. The van der Waals surface area contributed by atoms with Crippen LogP contribution in [0.1, 0.15) is 34.3 Å². The standard InChI is InChI=1S/C24H24F3N3O3S2/c1-33-20-12-17(22(31)32)6-9-19(20)29-35-21-14-34-23(28-21)30-10-2-3-16(13-30)11-15-4-7-18(8-5-15)24(25,26)27/h4-9,12,14,16,29H,2-3,10-11,13H2,1H3,(H,31,32). The fourth-order valence-corrected chi connectivity index (χ4v) is 5.66. The molecule has 1 aliphatic rings. The molecule has 0 radical (unpaired) electrons. The topological polar surface area (TPSA) is 74.7 Å². The number of alkyl halides is 3. The number of halogens is 3. The summed E-state index contributed by atoms with van der Waals surface area (Å²) in [7, 11) is 1.48. The van der Waals surface area contributed by atoms with Crippen molar-refractivity contribution in [1.82, 2.24) is 4.98 Å². The lowest BCUT2D eigenvalue weighted by atomic mass is 9.91. The number of carboxylic acids is 1. The summed E-state index contributed by atoms with van der Waals surface area (Å²) >= 11 is 2.85. The molecule has 1 atom stereocenters. The summed E-state index contributed by atoms with van der Waals surface area (Å²) in [6.45, 7) is 1.69. The number of thiazole rings is 1. The van der Waals surface area contributed by atoms with Crippen LogP contribution in [0.4, 0.5) is 24.0 Å². The van der Waals surface area contributed by atoms with Crippen molar-refractivity contribution in [1.29, 1.82) is 0 Å². The lowest BCUT2D eigenvalue weighted by Crippen LogP contribution is -2.36. The van der Waals surface area contributed by atoms with Gasteiger partial charge in [-0.05, 0) is 61.1 Å². The zero-order valence-corrected chi connectivity index (χ0v) is 20.5. The summed E-state index contributed by atoms with van der Waals surface area (Å²) in [5, 5.41) is 12.8. The van der Waals surface area contributed by atoms with Crippen LogP contribution in [0.15, 0.2) is 52.9 Å². The molecule has 6 nitrogen and oxygen atoms in total. The predicted octanol–water partition coefficient (Wildman–Crippen LogP) is 6.45. The number of anilines is 2. The van der Waals surface area contributed by atoms with Crippen molar-refractivity contribution < 1.29 is 27.8 Å². The van der Waals surface area contributed by atoms with Crippen LogP contribution in [0.2, 0.25) is 0 Å². The largest absolute Gasteiger partial charge is 0.495 e. The van der Waals surface area contributed by atoms with E-state index < -0.39 is 17.7 Å². The molecule has 35 heavy (non-hydrogen) atoms. The van der Waals surface area contributed by atoms with E-state index in [1.165, 1.54) is 31.2 Å². The molecule has 11 heteroatoms. The van der Waals surface area contributed by atoms with E-state index in [4.69, 9.17) is 14.8 Å². The van der Waals surface area contributed by atoms with Crippen LogP contribution in [0.3, 0.4) is 0 Å². The minimum Gasteiger partial charge on any atom is -0.495 e. The van der Waals surface area contributed by atoms with Gasteiger partial charge in [-0.2, -0.15) is 13.2 Å². The summed E-state index contributed by atoms with van der Waals surface area (Å²) in [5.41, 5.74) is 1.08. The van der Waals surface area contributed by atoms with Gasteiger partial charge in [-0.1, -0.05) is 12.1 Å². The number of carboxylic acid groups (broad SMARTS) is 1. The Hall–Kier alpha value is -2.92. The zero-order chi connectivity index (χ0) is 25.0. The Morgan fingerprint density at radius 1 is 1.29 bits per heavy atom. The van der Waals surface area contributed by atoms with Crippen molar-refractivity contribution in [2.45, 2.75) is 30.5 Å². The maximum absolute atomic E-state index is 12.8. The molecule has 1 aromatic heterocycles. The Morgan fingerprint density at radius 2 is 2.06 bits per heavy atom. The average molecular weight is 524 g/mol. The molecule has 0 aliphatic carbocycles. The first kappa shape index (κ1) is 25.2. The van der Waals surface area contributed by atoms with Gasteiger partial charge in [0.25, 0.3) is 0 Å². The molecule has 0 saturated carbocycles. The minimum atomic E-state index is -4.32. The number of ether oxygens (including phenoxy) is 1. The highest BCUT2D eigenvalue weighted by Crippen LogP contribution is 2.34. The molecule has 1 unspecified atom stereocenters. The maximum Gasteiger partial charge on any atom is 0.416 e. The molecular weight excluding hydrogens is 499 g/mol. The van der Waals surface area contributed by atoms with E-state index >= 15 is 0 Å². The Bertz CT molecular complexity index is 1170. The van der Waals surface area contributed by atoms with E-state index in [1.807, 2.05) is 5.38 Å². The molecule has 3 aromatic rings. The van der Waals surface area contributed by atoms with Crippen LogP contribution >= 0.6 is 23.3 Å². The molecule has 1 aliphatic heterocycles. The zero-order valence-electron chi connectivity index (χ0n) is 18.8. The van der Waals surface area contributed by atoms with Crippen LogP contribution in [-0.2, 0) is 12.6 Å². The van der Waals surface area contributed by atoms with Gasteiger partial charge < -0.3 is 19.5 Å². The Kier molecular flexibility index (Phi) is 7.75. The number of methoxy groups -OCH3 is 1. The Labute approximate surface area is 209 Å². The number of nitrogens with zero attached hydrogens (tertiary/aromatic N) is 2. The number of hydrogen-bond donors (Lipinski definition) is 2. The van der Waals surface area contributed by atoms with Gasteiger partial charge in [-0.15, -0.1) is 11.3 Å². The number of piperidine rings is 1. The van der Waals surface area contributed by atoms with Gasteiger partial charge in [0, 0.05) is 30.4 Å². The fraction of sp³-hybridized carbons (Fsp3) is 0.333. The first-order chi connectivity index (χ1) is 16.7. The van der Waals surface area contributed by atoms with Crippen LogP contribution in [0.25, 0.3) is 0 Å². The highest BCUT2D eigenvalue weighted by molar-refractivity contribution is 8.00. The van der Waals surface area contributed by atoms with E-state index in [-0.39, 0.29) is 5.56 Å². The monoisotopic (exact) mass is 523 g/mol. The molecule has 186 valence electrons. The third kappa shape index (κ3) is 6.40. The molecule has 2 aromatic carbocycles. The lowest BCUT2D eigenvalue weighted by Gasteiger charge is -2.32. The van der Waals surface area contributed by atoms with Crippen LogP contribution in [0.5, 0.6) is 5.75 Å². The maximum atomic E-state index is 12.8. The van der Waals surface area contributed by atoms with Crippen LogP contribution in [-0.4, -0.2) is 36.3 Å². The normalized spacial score (nSPS) is 16.2. The van der Waals surface area contributed by atoms with E-state index in [0.29, 0.717) is 17.4 Å². The number of carbonyl (C=O) groups is 1. The average Bonchev–Trinajstić information content (AvgIpc) is 3.32. The second-order valence-electron chi connectivity index (χ2n) is 8.25. The van der Waals surface area contributed by atoms with E-state index in [1.54, 1.807) is 29.5 Å². The quantitative estimate of drug-likeness (QED) is 0.329. The predicted molar refractivity (Wildman–Crippen MR) is 132 cm³/mol.